The van der Waals surface area contributed by atoms with Gasteiger partial charge in [0.1, 0.15) is 0 Å². The van der Waals surface area contributed by atoms with Gasteiger partial charge in [0, 0.05) is 32.7 Å². The number of nitrogens with zero attached hydrogens (tertiary/aromatic N) is 3. The number of nitrogens with one attached hydrogen (secondary N) is 1. The van der Waals surface area contributed by atoms with Gasteiger partial charge in [0.25, 0.3) is 0 Å². The summed E-state index contributed by atoms with van der Waals surface area (Å²) in [6, 6.07) is 8.97. The molecule has 146 valence electrons. The van der Waals surface area contributed by atoms with Crippen LogP contribution in [0, 0.1) is 5.92 Å². The highest BCUT2D eigenvalue weighted by molar-refractivity contribution is 5.80. The van der Waals surface area contributed by atoms with Crippen molar-refractivity contribution in [1.82, 2.24) is 15.1 Å². The van der Waals surface area contributed by atoms with Gasteiger partial charge in [-0.3, -0.25) is 4.99 Å². The monoisotopic (exact) mass is 358 g/mol. The number of benzene rings is 1. The molecule has 1 N–H and O–H groups in total. The fourth-order valence-electron chi connectivity index (χ4n) is 3.68. The van der Waals surface area contributed by atoms with Crippen molar-refractivity contribution >= 4 is 5.96 Å². The maximum atomic E-state index is 4.91. The summed E-state index contributed by atoms with van der Waals surface area (Å²) < 4.78 is 0. The first-order chi connectivity index (χ1) is 12.7. The molecule has 0 radical (unpaired) electrons. The first-order valence-electron chi connectivity index (χ1n) is 10.5. The fourth-order valence-corrected chi connectivity index (χ4v) is 3.68. The first kappa shape index (κ1) is 20.8. The van der Waals surface area contributed by atoms with Crippen LogP contribution in [0.1, 0.15) is 45.2 Å². The molecule has 0 aliphatic carbocycles. The molecule has 4 heteroatoms. The van der Waals surface area contributed by atoms with Crippen LogP contribution in [-0.2, 0) is 12.8 Å². The second kappa shape index (κ2) is 11.2. The number of likely N-dealkylation sites (tertiary alicyclic amines) is 1. The van der Waals surface area contributed by atoms with Crippen LogP contribution in [0.25, 0.3) is 0 Å². The molecule has 0 bridgehead atoms. The standard InChI is InChI=1S/C22H38N4/c1-5-19-9-11-20(12-10-19)13-15-24-22(23-6-2)26-16-14-21(18-26)17-25(7-3)8-4/h9-12,21H,5-8,13-18H2,1-4H3,(H,23,24). The SMILES string of the molecule is CCNC(=NCCc1ccc(CC)cc1)N1CCC(CN(CC)CC)C1. The highest BCUT2D eigenvalue weighted by atomic mass is 15.3. The molecule has 1 heterocycles. The fraction of sp³-hybridized carbons (Fsp3) is 0.682. The van der Waals surface area contributed by atoms with Gasteiger partial charge in [0.2, 0.25) is 0 Å². The van der Waals surface area contributed by atoms with E-state index in [0.29, 0.717) is 0 Å². The molecule has 1 fully saturated rings. The Morgan fingerprint density at radius 3 is 2.42 bits per heavy atom. The van der Waals surface area contributed by atoms with Gasteiger partial charge in [-0.15, -0.1) is 0 Å². The minimum atomic E-state index is 0.764. The summed E-state index contributed by atoms with van der Waals surface area (Å²) in [6.45, 7) is 16.4. The van der Waals surface area contributed by atoms with E-state index in [-0.39, 0.29) is 0 Å². The number of aryl methyl sites for hydroxylation is 1. The summed E-state index contributed by atoms with van der Waals surface area (Å²) in [6.07, 6.45) is 3.39. The second-order valence-electron chi connectivity index (χ2n) is 7.24. The number of hydrogen-bond donors (Lipinski definition) is 1. The van der Waals surface area contributed by atoms with Crippen molar-refractivity contribution in [2.24, 2.45) is 10.9 Å². The van der Waals surface area contributed by atoms with Gasteiger partial charge in [-0.25, -0.2) is 0 Å². The lowest BCUT2D eigenvalue weighted by Crippen LogP contribution is -2.41. The smallest absolute Gasteiger partial charge is 0.193 e. The molecule has 1 unspecified atom stereocenters. The van der Waals surface area contributed by atoms with Crippen LogP contribution in [0.5, 0.6) is 0 Å². The molecular weight excluding hydrogens is 320 g/mol. The van der Waals surface area contributed by atoms with Crippen LogP contribution >= 0.6 is 0 Å². The van der Waals surface area contributed by atoms with E-state index in [9.17, 15) is 0 Å². The zero-order chi connectivity index (χ0) is 18.8. The largest absolute Gasteiger partial charge is 0.357 e. The third-order valence-corrected chi connectivity index (χ3v) is 5.42. The third kappa shape index (κ3) is 6.31. The maximum Gasteiger partial charge on any atom is 0.193 e. The number of guanidine groups is 1. The molecular formula is C22H38N4. The van der Waals surface area contributed by atoms with Crippen molar-refractivity contribution in [3.8, 4) is 0 Å². The molecule has 4 nitrogen and oxygen atoms in total. The van der Waals surface area contributed by atoms with Crippen molar-refractivity contribution in [2.75, 3.05) is 45.8 Å². The van der Waals surface area contributed by atoms with E-state index in [1.807, 2.05) is 0 Å². The van der Waals surface area contributed by atoms with E-state index in [0.717, 1.165) is 64.0 Å². The van der Waals surface area contributed by atoms with E-state index < -0.39 is 0 Å². The highest BCUT2D eigenvalue weighted by Gasteiger charge is 2.25. The minimum absolute atomic E-state index is 0.764. The van der Waals surface area contributed by atoms with Gasteiger partial charge in [-0.05, 0) is 56.3 Å². The lowest BCUT2D eigenvalue weighted by molar-refractivity contribution is 0.255. The average Bonchev–Trinajstić information content (AvgIpc) is 3.14. The Labute approximate surface area is 160 Å². The molecule has 0 saturated carbocycles. The van der Waals surface area contributed by atoms with Crippen molar-refractivity contribution in [1.29, 1.82) is 0 Å². The van der Waals surface area contributed by atoms with Crippen LogP contribution in [0.3, 0.4) is 0 Å². The normalized spacial score (nSPS) is 18.0. The summed E-state index contributed by atoms with van der Waals surface area (Å²) in [5.41, 5.74) is 2.78. The molecule has 0 spiro atoms. The molecule has 1 aromatic rings. The lowest BCUT2D eigenvalue weighted by atomic mass is 10.1. The second-order valence-corrected chi connectivity index (χ2v) is 7.24. The summed E-state index contributed by atoms with van der Waals surface area (Å²) in [5, 5.41) is 3.49. The van der Waals surface area contributed by atoms with Gasteiger partial charge in [-0.1, -0.05) is 45.0 Å². The molecule has 1 aromatic carbocycles. The van der Waals surface area contributed by atoms with Crippen LogP contribution in [0.2, 0.25) is 0 Å². The van der Waals surface area contributed by atoms with E-state index in [4.69, 9.17) is 4.99 Å². The first-order valence-corrected chi connectivity index (χ1v) is 10.5. The van der Waals surface area contributed by atoms with Crippen LogP contribution in [0.4, 0.5) is 0 Å². The summed E-state index contributed by atoms with van der Waals surface area (Å²) >= 11 is 0. The van der Waals surface area contributed by atoms with Crippen molar-refractivity contribution < 1.29 is 0 Å². The number of rotatable bonds is 9. The molecule has 0 amide bonds. The minimum Gasteiger partial charge on any atom is -0.357 e. The number of hydrogen-bond acceptors (Lipinski definition) is 2. The van der Waals surface area contributed by atoms with Crippen molar-refractivity contribution in [2.45, 2.75) is 47.0 Å². The molecule has 1 saturated heterocycles. The Bertz CT molecular complexity index is 534. The van der Waals surface area contributed by atoms with E-state index in [2.05, 4.69) is 67.1 Å². The Hall–Kier alpha value is -1.55. The predicted molar refractivity (Wildman–Crippen MR) is 113 cm³/mol. The van der Waals surface area contributed by atoms with Gasteiger partial charge in [-0.2, -0.15) is 0 Å². The molecule has 2 rings (SSSR count). The van der Waals surface area contributed by atoms with E-state index >= 15 is 0 Å². The van der Waals surface area contributed by atoms with Crippen LogP contribution in [-0.4, -0.2) is 61.6 Å². The Morgan fingerprint density at radius 1 is 1.12 bits per heavy atom. The Balaban J connectivity index is 1.87. The van der Waals surface area contributed by atoms with Crippen molar-refractivity contribution in [3.63, 3.8) is 0 Å². The van der Waals surface area contributed by atoms with E-state index in [1.54, 1.807) is 0 Å². The van der Waals surface area contributed by atoms with Gasteiger partial charge < -0.3 is 15.1 Å². The molecule has 0 aromatic heterocycles. The Kier molecular flexibility index (Phi) is 8.96. The van der Waals surface area contributed by atoms with Crippen LogP contribution in [0.15, 0.2) is 29.3 Å². The number of aliphatic imine (C=N–C) groups is 1. The quantitative estimate of drug-likeness (QED) is 0.542. The summed E-state index contributed by atoms with van der Waals surface area (Å²) in [5.74, 6) is 1.86. The topological polar surface area (TPSA) is 30.9 Å². The van der Waals surface area contributed by atoms with Crippen LogP contribution < -0.4 is 5.32 Å². The van der Waals surface area contributed by atoms with Crippen molar-refractivity contribution in [3.05, 3.63) is 35.4 Å². The third-order valence-electron chi connectivity index (χ3n) is 5.42. The molecule has 1 atom stereocenters. The van der Waals surface area contributed by atoms with Gasteiger partial charge in [0.15, 0.2) is 5.96 Å². The molecule has 1 aliphatic heterocycles. The summed E-state index contributed by atoms with van der Waals surface area (Å²) in [4.78, 5) is 9.90. The highest BCUT2D eigenvalue weighted by Crippen LogP contribution is 2.17. The maximum absolute atomic E-state index is 4.91. The zero-order valence-corrected chi connectivity index (χ0v) is 17.3. The molecule has 1 aliphatic rings. The predicted octanol–water partition coefficient (Wildman–Crippen LogP) is 3.42. The zero-order valence-electron chi connectivity index (χ0n) is 17.3. The van der Waals surface area contributed by atoms with E-state index in [1.165, 1.54) is 24.1 Å². The van der Waals surface area contributed by atoms with Gasteiger partial charge in [0.05, 0.1) is 0 Å². The summed E-state index contributed by atoms with van der Waals surface area (Å²) in [7, 11) is 0. The lowest BCUT2D eigenvalue weighted by Gasteiger charge is -2.24. The van der Waals surface area contributed by atoms with Gasteiger partial charge >= 0.3 is 0 Å². The Morgan fingerprint density at radius 2 is 1.81 bits per heavy atom. The molecule has 26 heavy (non-hydrogen) atoms. The average molecular weight is 359 g/mol.